The summed E-state index contributed by atoms with van der Waals surface area (Å²) in [5.41, 5.74) is 3.44. The zero-order valence-corrected chi connectivity index (χ0v) is 12.3. The zero-order chi connectivity index (χ0) is 13.8. The van der Waals surface area contributed by atoms with Crippen molar-refractivity contribution >= 4 is 23.1 Å². The van der Waals surface area contributed by atoms with Gasteiger partial charge >= 0.3 is 0 Å². The summed E-state index contributed by atoms with van der Waals surface area (Å²) in [6.07, 6.45) is 1.84. The minimum atomic E-state index is 0.478. The van der Waals surface area contributed by atoms with Crippen LogP contribution in [0.15, 0.2) is 24.3 Å². The molecule has 0 aliphatic carbocycles. The van der Waals surface area contributed by atoms with E-state index in [0.29, 0.717) is 5.15 Å². The van der Waals surface area contributed by atoms with Crippen LogP contribution in [0.1, 0.15) is 30.3 Å². The van der Waals surface area contributed by atoms with Crippen LogP contribution in [0, 0.1) is 13.8 Å². The Kier molecular flexibility index (Phi) is 4.38. The van der Waals surface area contributed by atoms with E-state index in [4.69, 9.17) is 11.6 Å². The molecule has 0 unspecified atom stereocenters. The molecule has 1 N–H and O–H groups in total. The number of anilines is 2. The quantitative estimate of drug-likeness (QED) is 0.838. The molecule has 1 aromatic heterocycles. The normalized spacial score (nSPS) is 10.5. The van der Waals surface area contributed by atoms with E-state index in [0.717, 1.165) is 30.2 Å². The fraction of sp³-hybridized carbons (Fsp3) is 0.333. The summed E-state index contributed by atoms with van der Waals surface area (Å²) in [5.74, 6) is 1.53. The summed E-state index contributed by atoms with van der Waals surface area (Å²) < 4.78 is 0. The third-order valence-electron chi connectivity index (χ3n) is 2.87. The first-order valence-corrected chi connectivity index (χ1v) is 6.84. The highest BCUT2D eigenvalue weighted by atomic mass is 35.5. The van der Waals surface area contributed by atoms with Crippen LogP contribution in [0.4, 0.5) is 11.5 Å². The predicted molar refractivity (Wildman–Crippen MR) is 80.2 cm³/mol. The second-order valence-electron chi connectivity index (χ2n) is 4.69. The monoisotopic (exact) mass is 275 g/mol. The zero-order valence-electron chi connectivity index (χ0n) is 11.5. The first-order chi connectivity index (χ1) is 9.08. The van der Waals surface area contributed by atoms with Gasteiger partial charge in [0.05, 0.1) is 0 Å². The van der Waals surface area contributed by atoms with Gasteiger partial charge in [0.2, 0.25) is 0 Å². The van der Waals surface area contributed by atoms with Gasteiger partial charge in [-0.1, -0.05) is 30.7 Å². The lowest BCUT2D eigenvalue weighted by Crippen LogP contribution is -2.01. The summed E-state index contributed by atoms with van der Waals surface area (Å²) in [7, 11) is 0. The Morgan fingerprint density at radius 3 is 2.68 bits per heavy atom. The summed E-state index contributed by atoms with van der Waals surface area (Å²) >= 11 is 6.03. The second-order valence-corrected chi connectivity index (χ2v) is 5.07. The fourth-order valence-electron chi connectivity index (χ4n) is 1.87. The van der Waals surface area contributed by atoms with Crippen LogP contribution in [0.5, 0.6) is 0 Å². The van der Waals surface area contributed by atoms with Gasteiger partial charge in [-0.25, -0.2) is 9.97 Å². The average Bonchev–Trinajstić information content (AvgIpc) is 2.33. The Bertz CT molecular complexity index is 582. The molecule has 0 spiro atoms. The van der Waals surface area contributed by atoms with Crippen molar-refractivity contribution in [3.63, 3.8) is 0 Å². The van der Waals surface area contributed by atoms with Gasteiger partial charge in [-0.2, -0.15) is 0 Å². The molecule has 0 aliphatic heterocycles. The smallest absolute Gasteiger partial charge is 0.135 e. The predicted octanol–water partition coefficient (Wildman–Crippen LogP) is 4.44. The van der Waals surface area contributed by atoms with E-state index in [1.54, 1.807) is 6.07 Å². The molecule has 0 radical (unpaired) electrons. The number of halogens is 1. The topological polar surface area (TPSA) is 37.8 Å². The maximum atomic E-state index is 6.03. The van der Waals surface area contributed by atoms with Crippen molar-refractivity contribution in [3.05, 3.63) is 46.4 Å². The summed E-state index contributed by atoms with van der Waals surface area (Å²) in [5, 5.41) is 3.80. The Hall–Kier alpha value is -1.61. The molecule has 2 aromatic rings. The standard InChI is InChI=1S/C15H18ClN3/c1-4-5-14-18-13(16)9-15(19-14)17-12-8-10(2)6-7-11(12)3/h6-9H,4-5H2,1-3H3,(H,17,18,19). The summed E-state index contributed by atoms with van der Waals surface area (Å²) in [6.45, 7) is 6.24. The molecular weight excluding hydrogens is 258 g/mol. The molecular formula is C15H18ClN3. The van der Waals surface area contributed by atoms with E-state index in [9.17, 15) is 0 Å². The van der Waals surface area contributed by atoms with E-state index in [1.165, 1.54) is 11.1 Å². The highest BCUT2D eigenvalue weighted by Gasteiger charge is 2.05. The lowest BCUT2D eigenvalue weighted by atomic mass is 10.1. The van der Waals surface area contributed by atoms with Crippen molar-refractivity contribution in [3.8, 4) is 0 Å². The maximum absolute atomic E-state index is 6.03. The Morgan fingerprint density at radius 1 is 1.16 bits per heavy atom. The van der Waals surface area contributed by atoms with Crippen LogP contribution in [0.2, 0.25) is 5.15 Å². The minimum absolute atomic E-state index is 0.478. The van der Waals surface area contributed by atoms with Gasteiger partial charge in [0, 0.05) is 18.2 Å². The molecule has 19 heavy (non-hydrogen) atoms. The molecule has 100 valence electrons. The SMILES string of the molecule is CCCc1nc(Cl)cc(Nc2cc(C)ccc2C)n1. The van der Waals surface area contributed by atoms with Crippen molar-refractivity contribution in [2.24, 2.45) is 0 Å². The molecule has 0 bridgehead atoms. The van der Waals surface area contributed by atoms with Crippen LogP contribution >= 0.6 is 11.6 Å². The van der Waals surface area contributed by atoms with Crippen molar-refractivity contribution < 1.29 is 0 Å². The molecule has 0 amide bonds. The molecule has 0 saturated carbocycles. The maximum Gasteiger partial charge on any atom is 0.135 e. The highest BCUT2D eigenvalue weighted by molar-refractivity contribution is 6.29. The van der Waals surface area contributed by atoms with E-state index in [-0.39, 0.29) is 0 Å². The third kappa shape index (κ3) is 3.67. The van der Waals surface area contributed by atoms with Gasteiger partial charge in [-0.15, -0.1) is 0 Å². The fourth-order valence-corrected chi connectivity index (χ4v) is 2.07. The summed E-state index contributed by atoms with van der Waals surface area (Å²) in [6, 6.07) is 8.04. The minimum Gasteiger partial charge on any atom is -0.340 e. The number of hydrogen-bond donors (Lipinski definition) is 1. The largest absolute Gasteiger partial charge is 0.340 e. The third-order valence-corrected chi connectivity index (χ3v) is 3.06. The lowest BCUT2D eigenvalue weighted by Gasteiger charge is -2.11. The molecule has 1 heterocycles. The number of nitrogens with zero attached hydrogens (tertiary/aromatic N) is 2. The van der Waals surface area contributed by atoms with Gasteiger partial charge in [0.1, 0.15) is 16.8 Å². The molecule has 4 heteroatoms. The van der Waals surface area contributed by atoms with E-state index >= 15 is 0 Å². The van der Waals surface area contributed by atoms with E-state index < -0.39 is 0 Å². The molecule has 3 nitrogen and oxygen atoms in total. The van der Waals surface area contributed by atoms with Crippen molar-refractivity contribution in [1.29, 1.82) is 0 Å². The van der Waals surface area contributed by atoms with Crippen LogP contribution in [0.3, 0.4) is 0 Å². The average molecular weight is 276 g/mol. The molecule has 0 atom stereocenters. The van der Waals surface area contributed by atoms with Gasteiger partial charge in [-0.05, 0) is 37.5 Å². The molecule has 0 saturated heterocycles. The number of nitrogens with one attached hydrogen (secondary N) is 1. The van der Waals surface area contributed by atoms with Crippen LogP contribution < -0.4 is 5.32 Å². The van der Waals surface area contributed by atoms with Gasteiger partial charge in [-0.3, -0.25) is 0 Å². The van der Waals surface area contributed by atoms with Gasteiger partial charge < -0.3 is 5.32 Å². The van der Waals surface area contributed by atoms with Gasteiger partial charge in [0.25, 0.3) is 0 Å². The Morgan fingerprint density at radius 2 is 1.95 bits per heavy atom. The van der Waals surface area contributed by atoms with Crippen LogP contribution in [-0.2, 0) is 6.42 Å². The number of hydrogen-bond acceptors (Lipinski definition) is 3. The highest BCUT2D eigenvalue weighted by Crippen LogP contribution is 2.22. The first-order valence-electron chi connectivity index (χ1n) is 6.46. The van der Waals surface area contributed by atoms with Crippen molar-refractivity contribution in [2.75, 3.05) is 5.32 Å². The number of aryl methyl sites for hydroxylation is 3. The van der Waals surface area contributed by atoms with Crippen molar-refractivity contribution in [2.45, 2.75) is 33.6 Å². The number of rotatable bonds is 4. The lowest BCUT2D eigenvalue weighted by molar-refractivity contribution is 0.837. The Balaban J connectivity index is 2.29. The van der Waals surface area contributed by atoms with E-state index in [2.05, 4.69) is 54.3 Å². The summed E-state index contributed by atoms with van der Waals surface area (Å²) in [4.78, 5) is 8.70. The second kappa shape index (κ2) is 6.02. The van der Waals surface area contributed by atoms with Gasteiger partial charge in [0.15, 0.2) is 0 Å². The van der Waals surface area contributed by atoms with E-state index in [1.807, 2.05) is 0 Å². The van der Waals surface area contributed by atoms with Crippen LogP contribution in [-0.4, -0.2) is 9.97 Å². The van der Waals surface area contributed by atoms with Crippen LogP contribution in [0.25, 0.3) is 0 Å². The molecule has 1 aromatic carbocycles. The molecule has 0 aliphatic rings. The first kappa shape index (κ1) is 13.8. The molecule has 2 rings (SSSR count). The number of aromatic nitrogens is 2. The Labute approximate surface area is 119 Å². The number of benzene rings is 1. The molecule has 0 fully saturated rings. The van der Waals surface area contributed by atoms with Crippen molar-refractivity contribution in [1.82, 2.24) is 9.97 Å².